The lowest BCUT2D eigenvalue weighted by Gasteiger charge is -2.05. The molecular formula is C9H12OS3. The van der Waals surface area contributed by atoms with Gasteiger partial charge in [-0.1, -0.05) is 21.6 Å². The quantitative estimate of drug-likeness (QED) is 0.736. The molecule has 72 valence electrons. The summed E-state index contributed by atoms with van der Waals surface area (Å²) in [6.45, 7) is 5.69. The molecule has 1 rings (SSSR count). The van der Waals surface area contributed by atoms with E-state index in [1.54, 1.807) is 39.8 Å². The molecule has 1 unspecified atom stereocenters. The van der Waals surface area contributed by atoms with Crippen molar-refractivity contribution in [2.45, 2.75) is 30.9 Å². The van der Waals surface area contributed by atoms with Gasteiger partial charge in [0.2, 0.25) is 0 Å². The topological polar surface area (TPSA) is 17.1 Å². The molecule has 1 atom stereocenters. The molecular weight excluding hydrogens is 220 g/mol. The van der Waals surface area contributed by atoms with Gasteiger partial charge in [-0.2, -0.15) is 0 Å². The van der Waals surface area contributed by atoms with Crippen LogP contribution in [0.15, 0.2) is 16.3 Å². The van der Waals surface area contributed by atoms with Crippen molar-refractivity contribution in [2.75, 3.05) is 0 Å². The Bertz CT molecular complexity index is 293. The zero-order valence-electron chi connectivity index (χ0n) is 7.87. The average Bonchev–Trinajstić information content (AvgIpc) is 2.47. The fourth-order valence-electron chi connectivity index (χ4n) is 0.652. The number of carbonyl (C=O) groups excluding carboxylic acids is 1. The van der Waals surface area contributed by atoms with Gasteiger partial charge in [-0.3, -0.25) is 4.79 Å². The summed E-state index contributed by atoms with van der Waals surface area (Å²) in [5, 5.41) is 2.17. The molecule has 0 N–H and O–H groups in total. The van der Waals surface area contributed by atoms with Crippen molar-refractivity contribution < 1.29 is 4.79 Å². The number of carbonyl (C=O) groups is 1. The van der Waals surface area contributed by atoms with Crippen LogP contribution >= 0.6 is 32.9 Å². The summed E-state index contributed by atoms with van der Waals surface area (Å²) in [4.78, 5) is 13.6. The average molecular weight is 232 g/mol. The highest BCUT2D eigenvalue weighted by atomic mass is 33.1. The van der Waals surface area contributed by atoms with Gasteiger partial charge in [0.25, 0.3) is 0 Å². The van der Waals surface area contributed by atoms with Crippen LogP contribution in [0.1, 0.15) is 18.7 Å². The predicted molar refractivity (Wildman–Crippen MR) is 62.6 cm³/mol. The molecule has 0 radical (unpaired) electrons. The molecule has 0 saturated heterocycles. The van der Waals surface area contributed by atoms with Crippen LogP contribution in [0, 0.1) is 6.92 Å². The Balaban J connectivity index is 2.44. The molecule has 4 heteroatoms. The fraction of sp³-hybridized carbons (Fsp3) is 0.444. The van der Waals surface area contributed by atoms with Crippen molar-refractivity contribution in [2.24, 2.45) is 0 Å². The van der Waals surface area contributed by atoms with Gasteiger partial charge < -0.3 is 0 Å². The van der Waals surface area contributed by atoms with Crippen LogP contribution < -0.4 is 0 Å². The van der Waals surface area contributed by atoms with E-state index in [1.165, 1.54) is 9.77 Å². The second-order valence-corrected chi connectivity index (χ2v) is 6.48. The molecule has 0 saturated carbocycles. The third kappa shape index (κ3) is 3.37. The zero-order chi connectivity index (χ0) is 9.84. The van der Waals surface area contributed by atoms with Crippen LogP contribution in [0.2, 0.25) is 0 Å². The minimum absolute atomic E-state index is 0.0873. The summed E-state index contributed by atoms with van der Waals surface area (Å²) in [7, 11) is 3.33. The third-order valence-corrected chi connectivity index (χ3v) is 5.67. The lowest BCUT2D eigenvalue weighted by molar-refractivity contribution is -0.116. The van der Waals surface area contributed by atoms with E-state index in [1.807, 2.05) is 6.92 Å². The summed E-state index contributed by atoms with van der Waals surface area (Å²) in [6.07, 6.45) is 0. The maximum absolute atomic E-state index is 11.0. The normalized spacial score (nSPS) is 12.8. The molecule has 0 aliphatic heterocycles. The molecule has 0 fully saturated rings. The third-order valence-electron chi connectivity index (χ3n) is 1.67. The van der Waals surface area contributed by atoms with Crippen LogP contribution in [0.25, 0.3) is 0 Å². The first-order valence-corrected chi connectivity index (χ1v) is 7.08. The van der Waals surface area contributed by atoms with Gasteiger partial charge in [-0.25, -0.2) is 0 Å². The molecule has 0 amide bonds. The second-order valence-electron chi connectivity index (χ2n) is 2.77. The van der Waals surface area contributed by atoms with Crippen molar-refractivity contribution >= 4 is 38.7 Å². The number of hydrogen-bond acceptors (Lipinski definition) is 4. The van der Waals surface area contributed by atoms with E-state index in [2.05, 4.69) is 18.4 Å². The Hall–Kier alpha value is 0.0700. The number of ketones is 1. The summed E-state index contributed by atoms with van der Waals surface area (Å²) in [6, 6.07) is 2.10. The van der Waals surface area contributed by atoms with Crippen LogP contribution in [0.3, 0.4) is 0 Å². The van der Waals surface area contributed by atoms with Crippen LogP contribution in [-0.2, 0) is 4.79 Å². The van der Waals surface area contributed by atoms with Gasteiger partial charge >= 0.3 is 0 Å². The Morgan fingerprint density at radius 1 is 1.62 bits per heavy atom. The van der Waals surface area contributed by atoms with Crippen molar-refractivity contribution in [3.8, 4) is 0 Å². The second kappa shape index (κ2) is 5.08. The maximum Gasteiger partial charge on any atom is 0.143 e. The SMILES string of the molecule is CC(=O)C(C)SSc1ccsc1C. The maximum atomic E-state index is 11.0. The Morgan fingerprint density at radius 2 is 2.31 bits per heavy atom. The summed E-state index contributed by atoms with van der Waals surface area (Å²) in [5.41, 5.74) is 0. The first-order chi connectivity index (χ1) is 6.11. The Morgan fingerprint density at radius 3 is 2.77 bits per heavy atom. The van der Waals surface area contributed by atoms with Gasteiger partial charge in [-0.15, -0.1) is 11.3 Å². The number of aryl methyl sites for hydroxylation is 1. The van der Waals surface area contributed by atoms with Crippen molar-refractivity contribution in [3.63, 3.8) is 0 Å². The van der Waals surface area contributed by atoms with E-state index in [0.717, 1.165) is 0 Å². The van der Waals surface area contributed by atoms with Crippen molar-refractivity contribution in [1.82, 2.24) is 0 Å². The fourth-order valence-corrected chi connectivity index (χ4v) is 4.07. The number of hydrogen-bond donors (Lipinski definition) is 0. The lowest BCUT2D eigenvalue weighted by Crippen LogP contribution is -2.05. The van der Waals surface area contributed by atoms with Gasteiger partial charge in [0.1, 0.15) is 5.78 Å². The van der Waals surface area contributed by atoms with E-state index < -0.39 is 0 Å². The van der Waals surface area contributed by atoms with E-state index in [9.17, 15) is 4.79 Å². The highest BCUT2D eigenvalue weighted by Crippen LogP contribution is 2.38. The Labute approximate surface area is 90.7 Å². The van der Waals surface area contributed by atoms with E-state index in [0.29, 0.717) is 0 Å². The molecule has 1 aromatic rings. The molecule has 0 bridgehead atoms. The van der Waals surface area contributed by atoms with Crippen molar-refractivity contribution in [1.29, 1.82) is 0 Å². The highest BCUT2D eigenvalue weighted by molar-refractivity contribution is 8.77. The van der Waals surface area contributed by atoms with Crippen LogP contribution in [0.5, 0.6) is 0 Å². The molecule has 0 aliphatic carbocycles. The lowest BCUT2D eigenvalue weighted by atomic mass is 10.3. The predicted octanol–water partition coefficient (Wildman–Crippen LogP) is 3.77. The smallest absolute Gasteiger partial charge is 0.143 e. The monoisotopic (exact) mass is 232 g/mol. The van der Waals surface area contributed by atoms with Gasteiger partial charge in [0.05, 0.1) is 5.25 Å². The number of Topliss-reactive ketones (excluding diaryl/α,β-unsaturated/α-hetero) is 1. The van der Waals surface area contributed by atoms with E-state index >= 15 is 0 Å². The molecule has 0 aromatic carbocycles. The van der Waals surface area contributed by atoms with Crippen LogP contribution in [-0.4, -0.2) is 11.0 Å². The first-order valence-electron chi connectivity index (χ1n) is 3.99. The molecule has 0 aliphatic rings. The minimum atomic E-state index is 0.0873. The first kappa shape index (κ1) is 11.1. The summed E-state index contributed by atoms with van der Waals surface area (Å²) >= 11 is 1.75. The number of rotatable bonds is 4. The Kier molecular flexibility index (Phi) is 4.35. The van der Waals surface area contributed by atoms with Gasteiger partial charge in [0, 0.05) is 9.77 Å². The van der Waals surface area contributed by atoms with Gasteiger partial charge in [0.15, 0.2) is 0 Å². The standard InChI is InChI=1S/C9H12OS3/c1-6(10)7(2)12-13-9-4-5-11-8(9)3/h4-5,7H,1-3H3. The zero-order valence-corrected chi connectivity index (χ0v) is 10.3. The molecule has 1 heterocycles. The van der Waals surface area contributed by atoms with Crippen LogP contribution in [0.4, 0.5) is 0 Å². The molecule has 1 nitrogen and oxygen atoms in total. The highest BCUT2D eigenvalue weighted by Gasteiger charge is 2.10. The molecule has 13 heavy (non-hydrogen) atoms. The minimum Gasteiger partial charge on any atom is -0.299 e. The van der Waals surface area contributed by atoms with E-state index in [-0.39, 0.29) is 11.0 Å². The summed E-state index contributed by atoms with van der Waals surface area (Å²) in [5.74, 6) is 0.241. The van der Waals surface area contributed by atoms with E-state index in [4.69, 9.17) is 0 Å². The molecule has 0 spiro atoms. The molecule has 1 aromatic heterocycles. The summed E-state index contributed by atoms with van der Waals surface area (Å²) < 4.78 is 0. The van der Waals surface area contributed by atoms with Crippen molar-refractivity contribution in [3.05, 3.63) is 16.3 Å². The van der Waals surface area contributed by atoms with Gasteiger partial charge in [-0.05, 0) is 32.2 Å². The largest absolute Gasteiger partial charge is 0.299 e. The number of thiophene rings is 1.